The SMILES string of the molecule is O=C(O)C1CC=CCC1C(=O)Nc1ccc(Br)cc1Cl. The summed E-state index contributed by atoms with van der Waals surface area (Å²) in [5.41, 5.74) is 0.485. The number of rotatable bonds is 3. The lowest BCUT2D eigenvalue weighted by Crippen LogP contribution is -2.34. The number of amides is 1. The number of carboxylic acid groups (broad SMARTS) is 1. The third-order valence-electron chi connectivity index (χ3n) is 3.28. The van der Waals surface area contributed by atoms with E-state index < -0.39 is 17.8 Å². The average Bonchev–Trinajstić information content (AvgIpc) is 2.41. The van der Waals surface area contributed by atoms with Gasteiger partial charge >= 0.3 is 5.97 Å². The number of hydrogen-bond donors (Lipinski definition) is 2. The number of anilines is 1. The summed E-state index contributed by atoms with van der Waals surface area (Å²) in [6.07, 6.45) is 4.44. The highest BCUT2D eigenvalue weighted by Crippen LogP contribution is 2.30. The summed E-state index contributed by atoms with van der Waals surface area (Å²) < 4.78 is 0.810. The van der Waals surface area contributed by atoms with Gasteiger partial charge in [0.1, 0.15) is 0 Å². The Labute approximate surface area is 129 Å². The predicted molar refractivity (Wildman–Crippen MR) is 80.8 cm³/mol. The van der Waals surface area contributed by atoms with Crippen LogP contribution >= 0.6 is 27.5 Å². The van der Waals surface area contributed by atoms with Crippen molar-refractivity contribution in [2.24, 2.45) is 11.8 Å². The van der Waals surface area contributed by atoms with Gasteiger partial charge in [0.15, 0.2) is 0 Å². The van der Waals surface area contributed by atoms with Crippen LogP contribution in [0.2, 0.25) is 5.02 Å². The van der Waals surface area contributed by atoms with Crippen LogP contribution in [0.25, 0.3) is 0 Å². The maximum Gasteiger partial charge on any atom is 0.307 e. The average molecular weight is 359 g/mol. The van der Waals surface area contributed by atoms with Crippen LogP contribution in [0.15, 0.2) is 34.8 Å². The Bertz CT molecular complexity index is 574. The van der Waals surface area contributed by atoms with Crippen molar-refractivity contribution in [1.82, 2.24) is 0 Å². The minimum atomic E-state index is -0.948. The number of allylic oxidation sites excluding steroid dienone is 2. The number of carbonyl (C=O) groups excluding carboxylic acids is 1. The molecular weight excluding hydrogens is 346 g/mol. The van der Waals surface area contributed by atoms with Crippen molar-refractivity contribution in [3.63, 3.8) is 0 Å². The minimum absolute atomic E-state index is 0.314. The summed E-state index contributed by atoms with van der Waals surface area (Å²) in [6.45, 7) is 0. The molecule has 1 aliphatic rings. The number of halogens is 2. The third kappa shape index (κ3) is 3.41. The molecule has 0 spiro atoms. The van der Waals surface area contributed by atoms with E-state index in [1.807, 2.05) is 6.08 Å². The molecular formula is C14H13BrClNO3. The molecule has 1 amide bonds. The maximum atomic E-state index is 12.2. The standard InChI is InChI=1S/C14H13BrClNO3/c15-8-5-6-12(11(16)7-8)17-13(18)9-3-1-2-4-10(9)14(19)20/h1-2,5-7,9-10H,3-4H2,(H,17,18)(H,19,20). The molecule has 0 aromatic heterocycles. The largest absolute Gasteiger partial charge is 0.481 e. The van der Waals surface area contributed by atoms with Gasteiger partial charge in [0.2, 0.25) is 5.91 Å². The third-order valence-corrected chi connectivity index (χ3v) is 4.08. The molecule has 0 bridgehead atoms. The van der Waals surface area contributed by atoms with Gasteiger partial charge in [-0.3, -0.25) is 9.59 Å². The molecule has 0 radical (unpaired) electrons. The van der Waals surface area contributed by atoms with Gasteiger partial charge in [-0.15, -0.1) is 0 Å². The predicted octanol–water partition coefficient (Wildman–Crippen LogP) is 3.71. The van der Waals surface area contributed by atoms with E-state index in [1.54, 1.807) is 24.3 Å². The Morgan fingerprint density at radius 3 is 2.50 bits per heavy atom. The van der Waals surface area contributed by atoms with E-state index in [9.17, 15) is 9.59 Å². The van der Waals surface area contributed by atoms with E-state index in [0.29, 0.717) is 23.6 Å². The van der Waals surface area contributed by atoms with Crippen molar-refractivity contribution in [1.29, 1.82) is 0 Å². The highest BCUT2D eigenvalue weighted by atomic mass is 79.9. The molecule has 2 unspecified atom stereocenters. The number of benzene rings is 1. The lowest BCUT2D eigenvalue weighted by Gasteiger charge is -2.24. The van der Waals surface area contributed by atoms with Gasteiger partial charge in [0.05, 0.1) is 22.5 Å². The van der Waals surface area contributed by atoms with Gasteiger partial charge in [-0.25, -0.2) is 0 Å². The lowest BCUT2D eigenvalue weighted by atomic mass is 9.82. The fourth-order valence-electron chi connectivity index (χ4n) is 2.19. The first-order valence-electron chi connectivity index (χ1n) is 6.12. The van der Waals surface area contributed by atoms with Crippen molar-refractivity contribution < 1.29 is 14.7 Å². The van der Waals surface area contributed by atoms with Crippen LogP contribution in [0, 0.1) is 11.8 Å². The fourth-order valence-corrected chi connectivity index (χ4v) is 2.91. The van der Waals surface area contributed by atoms with Gasteiger partial charge in [0.25, 0.3) is 0 Å². The molecule has 0 saturated heterocycles. The summed E-state index contributed by atoms with van der Waals surface area (Å²) >= 11 is 9.32. The van der Waals surface area contributed by atoms with E-state index in [2.05, 4.69) is 21.2 Å². The van der Waals surface area contributed by atoms with Gasteiger partial charge in [0, 0.05) is 4.47 Å². The van der Waals surface area contributed by atoms with E-state index in [4.69, 9.17) is 16.7 Å². The highest BCUT2D eigenvalue weighted by molar-refractivity contribution is 9.10. The van der Waals surface area contributed by atoms with E-state index in [-0.39, 0.29) is 5.91 Å². The zero-order valence-corrected chi connectivity index (χ0v) is 12.8. The Morgan fingerprint density at radius 2 is 1.90 bits per heavy atom. The van der Waals surface area contributed by atoms with Gasteiger partial charge in [-0.1, -0.05) is 39.7 Å². The van der Waals surface area contributed by atoms with E-state index in [0.717, 1.165) is 4.47 Å². The van der Waals surface area contributed by atoms with Gasteiger partial charge < -0.3 is 10.4 Å². The number of nitrogens with one attached hydrogen (secondary N) is 1. The van der Waals surface area contributed by atoms with Crippen LogP contribution in [0.3, 0.4) is 0 Å². The van der Waals surface area contributed by atoms with Crippen LogP contribution in [0.5, 0.6) is 0 Å². The first-order valence-corrected chi connectivity index (χ1v) is 7.30. The van der Waals surface area contributed by atoms with E-state index in [1.165, 1.54) is 0 Å². The van der Waals surface area contributed by atoms with Crippen molar-refractivity contribution in [2.45, 2.75) is 12.8 Å². The zero-order chi connectivity index (χ0) is 14.7. The second-order valence-corrected chi connectivity index (χ2v) is 5.93. The molecule has 2 atom stereocenters. The number of hydrogen-bond acceptors (Lipinski definition) is 2. The second-order valence-electron chi connectivity index (χ2n) is 4.61. The number of carbonyl (C=O) groups is 2. The molecule has 2 rings (SSSR count). The van der Waals surface area contributed by atoms with Crippen LogP contribution in [0.4, 0.5) is 5.69 Å². The molecule has 20 heavy (non-hydrogen) atoms. The van der Waals surface area contributed by atoms with Crippen molar-refractivity contribution in [3.05, 3.63) is 39.8 Å². The second kappa shape index (κ2) is 6.41. The topological polar surface area (TPSA) is 66.4 Å². The van der Waals surface area contributed by atoms with Crippen molar-refractivity contribution in [2.75, 3.05) is 5.32 Å². The first-order chi connectivity index (χ1) is 9.49. The molecule has 0 heterocycles. The van der Waals surface area contributed by atoms with Crippen LogP contribution in [-0.4, -0.2) is 17.0 Å². The molecule has 1 aromatic carbocycles. The first kappa shape index (κ1) is 15.1. The molecule has 2 N–H and O–H groups in total. The Balaban J connectivity index is 2.14. The Morgan fingerprint density at radius 1 is 1.25 bits per heavy atom. The normalized spacial score (nSPS) is 21.5. The van der Waals surface area contributed by atoms with Crippen molar-refractivity contribution in [3.8, 4) is 0 Å². The summed E-state index contributed by atoms with van der Waals surface area (Å²) in [6, 6.07) is 5.11. The molecule has 0 saturated carbocycles. The van der Waals surface area contributed by atoms with Gasteiger partial charge in [-0.2, -0.15) is 0 Å². The van der Waals surface area contributed by atoms with Crippen LogP contribution in [-0.2, 0) is 9.59 Å². The van der Waals surface area contributed by atoms with Crippen LogP contribution in [0.1, 0.15) is 12.8 Å². The minimum Gasteiger partial charge on any atom is -0.481 e. The number of carboxylic acids is 1. The maximum absolute atomic E-state index is 12.2. The molecule has 1 aromatic rings. The molecule has 6 heteroatoms. The van der Waals surface area contributed by atoms with Crippen LogP contribution < -0.4 is 5.32 Å². The summed E-state index contributed by atoms with van der Waals surface area (Å²) in [4.78, 5) is 23.4. The molecule has 1 aliphatic carbocycles. The smallest absolute Gasteiger partial charge is 0.307 e. The highest BCUT2D eigenvalue weighted by Gasteiger charge is 2.34. The monoisotopic (exact) mass is 357 g/mol. The van der Waals surface area contributed by atoms with E-state index >= 15 is 0 Å². The molecule has 106 valence electrons. The summed E-state index contributed by atoms with van der Waals surface area (Å²) in [5.74, 6) is -2.52. The Kier molecular flexibility index (Phi) is 4.83. The van der Waals surface area contributed by atoms with Crippen molar-refractivity contribution >= 4 is 45.1 Å². The quantitative estimate of drug-likeness (QED) is 0.810. The van der Waals surface area contributed by atoms with Gasteiger partial charge in [-0.05, 0) is 31.0 Å². The Hall–Kier alpha value is -1.33. The molecule has 0 fully saturated rings. The molecule has 4 nitrogen and oxygen atoms in total. The number of aliphatic carboxylic acids is 1. The fraction of sp³-hybridized carbons (Fsp3) is 0.286. The molecule has 0 aliphatic heterocycles. The summed E-state index contributed by atoms with van der Waals surface area (Å²) in [5, 5.41) is 12.3. The lowest BCUT2D eigenvalue weighted by molar-refractivity contribution is -0.146. The zero-order valence-electron chi connectivity index (χ0n) is 10.5. The summed E-state index contributed by atoms with van der Waals surface area (Å²) in [7, 11) is 0.